The van der Waals surface area contributed by atoms with Crippen LogP contribution in [0.5, 0.6) is 0 Å². The normalized spacial score (nSPS) is 11.8. The number of carbonyl (C=O) groups excluding carboxylic acids is 2. The lowest BCUT2D eigenvalue weighted by atomic mass is 10.1. The van der Waals surface area contributed by atoms with E-state index in [4.69, 9.17) is 33.2 Å². The second-order valence-corrected chi connectivity index (χ2v) is 12.8. The molecular formula is C40H49N5O9S. The Hall–Kier alpha value is -4.84. The third kappa shape index (κ3) is 17.0. The van der Waals surface area contributed by atoms with Crippen molar-refractivity contribution in [2.24, 2.45) is 10.2 Å². The van der Waals surface area contributed by atoms with Crippen molar-refractivity contribution in [3.05, 3.63) is 87.8 Å². The highest BCUT2D eigenvalue weighted by atomic mass is 32.1. The summed E-state index contributed by atoms with van der Waals surface area (Å²) in [5.41, 5.74) is 4.68. The SMILES string of the molecule is CCN(CC(COCc1ccccc1)OCCOCCOCCOCCOCCOC(=O)/C=C\C=O)c1ccc(N=Nc2sc(C#N)c(C)c2C#N)c(C)c1. The Morgan fingerprint density at radius 3 is 2.11 bits per heavy atom. The van der Waals surface area contributed by atoms with Crippen LogP contribution in [-0.4, -0.2) is 104 Å². The summed E-state index contributed by atoms with van der Waals surface area (Å²) in [6.45, 7) is 11.5. The van der Waals surface area contributed by atoms with Crippen LogP contribution >= 0.6 is 11.3 Å². The number of hydrogen-bond acceptors (Lipinski definition) is 15. The Morgan fingerprint density at radius 1 is 0.855 bits per heavy atom. The number of anilines is 1. The summed E-state index contributed by atoms with van der Waals surface area (Å²) >= 11 is 1.16. The van der Waals surface area contributed by atoms with Crippen LogP contribution in [0.3, 0.4) is 0 Å². The number of likely N-dealkylation sites (N-methyl/N-ethyl adjacent to an activating group) is 1. The maximum absolute atomic E-state index is 11.2. The molecule has 1 heterocycles. The molecule has 3 aromatic rings. The van der Waals surface area contributed by atoms with Crippen LogP contribution in [0.25, 0.3) is 0 Å². The van der Waals surface area contributed by atoms with E-state index in [1.54, 1.807) is 6.92 Å². The largest absolute Gasteiger partial charge is 0.460 e. The first-order chi connectivity index (χ1) is 26.9. The van der Waals surface area contributed by atoms with Crippen molar-refractivity contribution in [1.29, 1.82) is 10.5 Å². The van der Waals surface area contributed by atoms with Gasteiger partial charge in [0, 0.05) is 24.9 Å². The van der Waals surface area contributed by atoms with Gasteiger partial charge >= 0.3 is 5.97 Å². The lowest BCUT2D eigenvalue weighted by Crippen LogP contribution is -2.37. The molecule has 1 aromatic heterocycles. The fourth-order valence-electron chi connectivity index (χ4n) is 4.96. The van der Waals surface area contributed by atoms with E-state index in [9.17, 15) is 20.1 Å². The van der Waals surface area contributed by atoms with Gasteiger partial charge in [0.2, 0.25) is 0 Å². The topological polar surface area (TPSA) is 174 Å². The van der Waals surface area contributed by atoms with Crippen LogP contribution in [-0.2, 0) is 49.4 Å². The van der Waals surface area contributed by atoms with Gasteiger partial charge in [-0.25, -0.2) is 4.79 Å². The van der Waals surface area contributed by atoms with E-state index in [-0.39, 0.29) is 19.3 Å². The Balaban J connectivity index is 1.40. The number of nitrogens with zero attached hydrogens (tertiary/aromatic N) is 5. The molecule has 0 aliphatic heterocycles. The third-order valence-corrected chi connectivity index (χ3v) is 8.92. The zero-order chi connectivity index (χ0) is 39.5. The van der Waals surface area contributed by atoms with E-state index in [2.05, 4.69) is 34.2 Å². The van der Waals surface area contributed by atoms with Gasteiger partial charge in [-0.2, -0.15) is 10.5 Å². The van der Waals surface area contributed by atoms with Gasteiger partial charge in [-0.1, -0.05) is 30.3 Å². The molecule has 1 unspecified atom stereocenters. The summed E-state index contributed by atoms with van der Waals surface area (Å²) in [6, 6.07) is 20.2. The van der Waals surface area contributed by atoms with Crippen LogP contribution in [0.15, 0.2) is 70.9 Å². The van der Waals surface area contributed by atoms with E-state index in [1.807, 2.05) is 55.5 Å². The lowest BCUT2D eigenvalue weighted by Gasteiger charge is -2.29. The molecule has 0 aliphatic rings. The molecule has 15 heteroatoms. The molecule has 0 N–H and O–H groups in total. The van der Waals surface area contributed by atoms with E-state index >= 15 is 0 Å². The summed E-state index contributed by atoms with van der Waals surface area (Å²) < 4.78 is 39.3. The molecule has 2 aromatic carbocycles. The Morgan fingerprint density at radius 2 is 1.51 bits per heavy atom. The van der Waals surface area contributed by atoms with Gasteiger partial charge in [0.1, 0.15) is 29.9 Å². The highest BCUT2D eigenvalue weighted by Crippen LogP contribution is 2.36. The van der Waals surface area contributed by atoms with Crippen LogP contribution in [0, 0.1) is 36.5 Å². The maximum Gasteiger partial charge on any atom is 0.330 e. The van der Waals surface area contributed by atoms with E-state index in [0.29, 0.717) is 106 Å². The van der Waals surface area contributed by atoms with Crippen molar-refractivity contribution in [1.82, 2.24) is 0 Å². The molecule has 1 atom stereocenters. The molecule has 0 radical (unpaired) electrons. The number of ether oxygens (including phenoxy) is 7. The van der Waals surface area contributed by atoms with Crippen LogP contribution in [0.1, 0.15) is 34.1 Å². The lowest BCUT2D eigenvalue weighted by molar-refractivity contribution is -0.139. The molecule has 0 bridgehead atoms. The third-order valence-electron chi connectivity index (χ3n) is 7.84. The van der Waals surface area contributed by atoms with Gasteiger partial charge in [0.25, 0.3) is 0 Å². The van der Waals surface area contributed by atoms with Crippen LogP contribution in [0.2, 0.25) is 0 Å². The van der Waals surface area contributed by atoms with Gasteiger partial charge in [-0.3, -0.25) is 4.79 Å². The monoisotopic (exact) mass is 775 g/mol. The van der Waals surface area contributed by atoms with Crippen molar-refractivity contribution in [2.75, 3.05) is 90.7 Å². The quantitative estimate of drug-likeness (QED) is 0.0265. The Bertz CT molecular complexity index is 1740. The van der Waals surface area contributed by atoms with Crippen LogP contribution < -0.4 is 4.90 Å². The summed E-state index contributed by atoms with van der Waals surface area (Å²) in [5.74, 6) is -0.593. The average Bonchev–Trinajstić information content (AvgIpc) is 3.51. The van der Waals surface area contributed by atoms with E-state index in [0.717, 1.165) is 46.8 Å². The first-order valence-corrected chi connectivity index (χ1v) is 18.8. The minimum absolute atomic E-state index is 0.0940. The van der Waals surface area contributed by atoms with Gasteiger partial charge in [0.05, 0.1) is 90.0 Å². The molecule has 0 saturated carbocycles. The molecule has 294 valence electrons. The highest BCUT2D eigenvalue weighted by Gasteiger charge is 2.17. The van der Waals surface area contributed by atoms with E-state index < -0.39 is 5.97 Å². The molecule has 55 heavy (non-hydrogen) atoms. The number of rotatable bonds is 28. The Labute approximate surface area is 326 Å². The number of esters is 1. The predicted molar refractivity (Wildman–Crippen MR) is 207 cm³/mol. The average molecular weight is 776 g/mol. The van der Waals surface area contributed by atoms with Crippen LogP contribution in [0.4, 0.5) is 16.4 Å². The minimum atomic E-state index is -0.593. The van der Waals surface area contributed by atoms with Crippen molar-refractivity contribution in [2.45, 2.75) is 33.5 Å². The fourth-order valence-corrected chi connectivity index (χ4v) is 5.83. The number of allylic oxidation sites excluding steroid dienone is 1. The number of benzene rings is 2. The first kappa shape index (κ1) is 44.6. The fraction of sp³-hybridized carbons (Fsp3) is 0.450. The van der Waals surface area contributed by atoms with Crippen molar-refractivity contribution < 1.29 is 42.7 Å². The number of nitriles is 2. The number of thiophene rings is 1. The number of aryl methyl sites for hydroxylation is 1. The molecular weight excluding hydrogens is 727 g/mol. The van der Waals surface area contributed by atoms with Gasteiger partial charge < -0.3 is 38.1 Å². The minimum Gasteiger partial charge on any atom is -0.460 e. The van der Waals surface area contributed by atoms with Gasteiger partial charge in [0.15, 0.2) is 5.00 Å². The smallest absolute Gasteiger partial charge is 0.330 e. The summed E-state index contributed by atoms with van der Waals surface area (Å²) in [7, 11) is 0. The van der Waals surface area contributed by atoms with E-state index in [1.165, 1.54) is 0 Å². The second-order valence-electron chi connectivity index (χ2n) is 11.8. The molecule has 0 fully saturated rings. The highest BCUT2D eigenvalue weighted by molar-refractivity contribution is 7.16. The molecule has 0 aliphatic carbocycles. The molecule has 0 saturated heterocycles. The zero-order valence-electron chi connectivity index (χ0n) is 31.6. The van der Waals surface area contributed by atoms with Gasteiger partial charge in [-0.05, 0) is 61.7 Å². The zero-order valence-corrected chi connectivity index (χ0v) is 32.5. The maximum atomic E-state index is 11.2. The standard InChI is InChI=1S/C40H49N5O9S/c1-4-45(34-12-13-37(31(2)25-34)43-44-40-36(26-41)32(3)38(27-42)55-40)28-35(30-52-29-33-9-6-5-7-10-33)53-23-21-50-19-17-48-15-16-49-18-20-51-22-24-54-39(47)11-8-14-46/h5-14,25,35H,4,15-24,28-30H2,1-3H3/b11-8-,44-43?. The second kappa shape index (κ2) is 26.9. The molecule has 0 spiro atoms. The Kier molecular flexibility index (Phi) is 21.8. The predicted octanol–water partition coefficient (Wildman–Crippen LogP) is 6.32. The number of aldehydes is 1. The molecule has 3 rings (SSSR count). The first-order valence-electron chi connectivity index (χ1n) is 17.9. The summed E-state index contributed by atoms with van der Waals surface area (Å²) in [5, 5.41) is 28.0. The van der Waals surface area contributed by atoms with Crippen molar-refractivity contribution >= 4 is 40.0 Å². The summed E-state index contributed by atoms with van der Waals surface area (Å²) in [6.07, 6.45) is 2.39. The van der Waals surface area contributed by atoms with Crippen molar-refractivity contribution in [3.8, 4) is 12.1 Å². The number of azo groups is 1. The molecule has 0 amide bonds. The summed E-state index contributed by atoms with van der Waals surface area (Å²) in [4.78, 5) is 24.1. The van der Waals surface area contributed by atoms with Gasteiger partial charge in [-0.15, -0.1) is 21.6 Å². The van der Waals surface area contributed by atoms with Crippen molar-refractivity contribution in [3.63, 3.8) is 0 Å². The number of carbonyl (C=O) groups is 2. The molecule has 14 nitrogen and oxygen atoms in total. The number of hydrogen-bond donors (Lipinski definition) is 0.